The van der Waals surface area contributed by atoms with Crippen LogP contribution in [-0.4, -0.2) is 290 Å². The van der Waals surface area contributed by atoms with Crippen LogP contribution in [0.15, 0.2) is 30.5 Å². The molecule has 6 rings (SSSR count). The first-order valence-electron chi connectivity index (χ1n) is 35.8. The molecule has 0 bridgehead atoms. The Hall–Kier alpha value is -10.4. The van der Waals surface area contributed by atoms with Crippen molar-refractivity contribution in [2.24, 2.45) is 23.3 Å². The van der Waals surface area contributed by atoms with E-state index in [2.05, 4.69) is 63.5 Å². The molecule has 4 aliphatic rings. The van der Waals surface area contributed by atoms with E-state index in [1.54, 1.807) is 20.0 Å². The highest BCUT2D eigenvalue weighted by Crippen LogP contribution is 2.29. The summed E-state index contributed by atoms with van der Waals surface area (Å²) in [5.41, 5.74) is 13.2. The third kappa shape index (κ3) is 24.6. The van der Waals surface area contributed by atoms with E-state index < -0.39 is 232 Å². The number of aliphatic carboxylic acids is 1. The zero-order valence-electron chi connectivity index (χ0n) is 60.6. The maximum atomic E-state index is 14.1. The summed E-state index contributed by atoms with van der Waals surface area (Å²) in [7, 11) is 0. The van der Waals surface area contributed by atoms with E-state index in [-0.39, 0.29) is 89.4 Å². The van der Waals surface area contributed by atoms with Crippen molar-refractivity contribution >= 4 is 111 Å². The van der Waals surface area contributed by atoms with Crippen molar-refractivity contribution in [3.05, 3.63) is 36.0 Å². The SMILES string of the molecule is CC(C)C[C@H](NC(=O)[C@H](CC(C)C)NC(=O)[C@@H](N)Cc1c[nH]c2ccccc12)C(=O)N[C@@H](CCC(=O)O)C(=O)NCC(=O)NCC(=O)NCC(=O)N1CCC[C@H]1C(=O)N[C@@H](CO)C(=O)N[C@@H](CO)C(=O)NCC(=O)N[C@@H](C)C(=O)N1CCC[C@H]1C(=O)N1CCC[C@H]1C(=O)N1CCC[C@H]1C(=O)N[C@@H](CO)C(N)=O. The summed E-state index contributed by atoms with van der Waals surface area (Å²) in [6, 6.07) is -7.84. The molecule has 1 aromatic carbocycles. The second-order valence-corrected chi connectivity index (χ2v) is 27.8. The number of carboxylic acid groups (broad SMARTS) is 1. The number of nitrogens with one attached hydrogen (secondary N) is 12. The second kappa shape index (κ2) is 40.9. The van der Waals surface area contributed by atoms with Crippen LogP contribution >= 0.6 is 0 Å². The van der Waals surface area contributed by atoms with Gasteiger partial charge in [-0.1, -0.05) is 45.9 Å². The minimum atomic E-state index is -1.75. The number of amides is 16. The fraction of sp³-hybridized carbons (Fsp3) is 0.632. The Kier molecular flexibility index (Phi) is 32.7. The molecule has 1 aromatic heterocycles. The van der Waals surface area contributed by atoms with Gasteiger partial charge < -0.3 is 115 Å². The molecule has 4 saturated heterocycles. The number of hydrogen-bond donors (Lipinski definition) is 18. The van der Waals surface area contributed by atoms with Crippen molar-refractivity contribution in [3.8, 4) is 0 Å². The first-order chi connectivity index (χ1) is 50.8. The fourth-order valence-corrected chi connectivity index (χ4v) is 13.2. The van der Waals surface area contributed by atoms with Crippen molar-refractivity contribution < 1.29 is 102 Å². The summed E-state index contributed by atoms with van der Waals surface area (Å²) in [6.07, 6.45) is 3.50. The summed E-state index contributed by atoms with van der Waals surface area (Å²) in [4.78, 5) is 233. The summed E-state index contributed by atoms with van der Waals surface area (Å²) >= 11 is 0. The quantitative estimate of drug-likeness (QED) is 0.0296. The van der Waals surface area contributed by atoms with Crippen LogP contribution in [0.4, 0.5) is 0 Å². The summed E-state index contributed by atoms with van der Waals surface area (Å²) < 4.78 is 0. The van der Waals surface area contributed by atoms with Crippen LogP contribution in [0.2, 0.25) is 0 Å². The van der Waals surface area contributed by atoms with Gasteiger partial charge in [-0.3, -0.25) is 81.5 Å². The lowest BCUT2D eigenvalue weighted by Gasteiger charge is -2.34. The number of likely N-dealkylation sites (tertiary alicyclic amines) is 4. The standard InChI is InChI=1S/C68H102N18O21/c1-35(2)24-43(78-58(97)40(69)26-38-27-71-41-13-7-6-12-39(38)41)62(101)79-44(25-36(3)4)61(100)77-42(18-19-56(94)95)59(98)74-29-53(91)72-28-52(90)73-31-55(93)83-20-8-14-48(83)64(103)82-47(34-89)63(102)81-46(33-88)60(99)75-30-54(92)76-37(5)66(105)85-22-10-16-50(85)68(107)86-23-11-17-51(86)67(106)84-21-9-15-49(84)65(104)80-45(32-87)57(70)96/h6-7,12-13,27,35-37,40,42-51,71,87-89H,8-11,14-26,28-34,69H2,1-5H3,(H2,70,96)(H,72,91)(H,73,90)(H,74,98)(H,75,99)(H,76,92)(H,77,100)(H,78,97)(H,79,101)(H,80,104)(H,81,102)(H,82,103)(H,94,95)/t37-,40-,42-,43-,44-,45-,46-,47-,48-,49-,50-,51-/m0/s1. The number of fused-ring (bicyclic) bond motifs is 1. The predicted octanol–water partition coefficient (Wildman–Crippen LogP) is -7.70. The first-order valence-corrected chi connectivity index (χ1v) is 35.8. The highest BCUT2D eigenvalue weighted by Gasteiger charge is 2.47. The molecule has 0 aliphatic carbocycles. The molecule has 5 heterocycles. The van der Waals surface area contributed by atoms with E-state index in [4.69, 9.17) is 11.5 Å². The molecule has 0 spiro atoms. The van der Waals surface area contributed by atoms with Crippen LogP contribution in [0.3, 0.4) is 0 Å². The van der Waals surface area contributed by atoms with Crippen LogP contribution in [0.5, 0.6) is 0 Å². The van der Waals surface area contributed by atoms with Gasteiger partial charge in [-0.25, -0.2) is 0 Å². The van der Waals surface area contributed by atoms with Gasteiger partial charge in [0.15, 0.2) is 0 Å². The number of aliphatic hydroxyl groups excluding tert-OH is 3. The normalized spacial score (nSPS) is 19.2. The van der Waals surface area contributed by atoms with Crippen LogP contribution in [0, 0.1) is 11.8 Å². The van der Waals surface area contributed by atoms with E-state index in [0.29, 0.717) is 19.3 Å². The Morgan fingerprint density at radius 3 is 1.47 bits per heavy atom. The smallest absolute Gasteiger partial charge is 0.303 e. The predicted molar refractivity (Wildman–Crippen MR) is 376 cm³/mol. The number of carbonyl (C=O) groups is 17. The molecule has 0 saturated carbocycles. The molecule has 0 unspecified atom stereocenters. The van der Waals surface area contributed by atoms with E-state index >= 15 is 0 Å². The molecule has 39 nitrogen and oxygen atoms in total. The first kappa shape index (κ1) is 85.5. The van der Waals surface area contributed by atoms with E-state index in [0.717, 1.165) is 21.4 Å². The summed E-state index contributed by atoms with van der Waals surface area (Å²) in [6.45, 7) is 3.25. The molecular weight excluding hydrogens is 1400 g/mol. The number of para-hydroxylation sites is 1. The number of carbonyl (C=O) groups excluding carboxylic acids is 16. The van der Waals surface area contributed by atoms with Crippen molar-refractivity contribution in [1.82, 2.24) is 83.1 Å². The van der Waals surface area contributed by atoms with Gasteiger partial charge in [0.2, 0.25) is 94.5 Å². The second-order valence-electron chi connectivity index (χ2n) is 27.8. The van der Waals surface area contributed by atoms with Crippen LogP contribution in [0.25, 0.3) is 10.9 Å². The molecule has 20 N–H and O–H groups in total. The third-order valence-electron chi connectivity index (χ3n) is 18.7. The fourth-order valence-electron chi connectivity index (χ4n) is 13.2. The monoisotopic (exact) mass is 1510 g/mol. The van der Waals surface area contributed by atoms with E-state index in [9.17, 15) is 102 Å². The minimum Gasteiger partial charge on any atom is -0.481 e. The van der Waals surface area contributed by atoms with Crippen molar-refractivity contribution in [2.75, 3.05) is 72.2 Å². The molecule has 0 radical (unpaired) electrons. The number of H-pyrrole nitrogens is 1. The largest absolute Gasteiger partial charge is 0.481 e. The lowest BCUT2D eigenvalue weighted by atomic mass is 9.99. The van der Waals surface area contributed by atoms with Crippen molar-refractivity contribution in [1.29, 1.82) is 0 Å². The van der Waals surface area contributed by atoms with Gasteiger partial charge in [0.25, 0.3) is 0 Å². The van der Waals surface area contributed by atoms with Gasteiger partial charge in [0, 0.05) is 49.7 Å². The van der Waals surface area contributed by atoms with Crippen LogP contribution < -0.4 is 70.0 Å². The van der Waals surface area contributed by atoms with Gasteiger partial charge in [-0.05, 0) is 107 Å². The van der Waals surface area contributed by atoms with Crippen LogP contribution in [0.1, 0.15) is 117 Å². The molecule has 4 fully saturated rings. The Bertz CT molecular complexity index is 3590. The average Bonchev–Trinajstić information content (AvgIpc) is 1.66. The van der Waals surface area contributed by atoms with Gasteiger partial charge in [-0.2, -0.15) is 0 Å². The van der Waals surface area contributed by atoms with Gasteiger partial charge in [-0.15, -0.1) is 0 Å². The molecule has 39 heteroatoms. The maximum absolute atomic E-state index is 14.1. The van der Waals surface area contributed by atoms with Crippen LogP contribution in [-0.2, 0) is 87.9 Å². The number of aromatic amines is 1. The Morgan fingerprint density at radius 1 is 0.486 bits per heavy atom. The number of nitrogens with zero attached hydrogens (tertiary/aromatic N) is 4. The Morgan fingerprint density at radius 2 is 0.916 bits per heavy atom. The van der Waals surface area contributed by atoms with Gasteiger partial charge in [0.05, 0.1) is 52.0 Å². The number of benzene rings is 1. The molecule has 4 aliphatic heterocycles. The van der Waals surface area contributed by atoms with E-state index in [1.807, 2.05) is 38.1 Å². The maximum Gasteiger partial charge on any atom is 0.303 e. The average molecular weight is 1510 g/mol. The van der Waals surface area contributed by atoms with Gasteiger partial charge in [0.1, 0.15) is 66.5 Å². The number of rotatable bonds is 39. The minimum absolute atomic E-state index is 0.0126. The number of aromatic nitrogens is 1. The van der Waals surface area contributed by atoms with Crippen molar-refractivity contribution in [2.45, 2.75) is 191 Å². The summed E-state index contributed by atoms with van der Waals surface area (Å²) in [5, 5.41) is 66.2. The molecule has 16 amide bonds. The highest BCUT2D eigenvalue weighted by molar-refractivity contribution is 6.00. The number of nitrogens with two attached hydrogens (primary N) is 2. The lowest BCUT2D eigenvalue weighted by Crippen LogP contribution is -2.59. The highest BCUT2D eigenvalue weighted by atomic mass is 16.4. The van der Waals surface area contributed by atoms with Crippen molar-refractivity contribution in [3.63, 3.8) is 0 Å². The Labute approximate surface area is 616 Å². The lowest BCUT2D eigenvalue weighted by molar-refractivity contribution is -0.151. The Balaban J connectivity index is 0.911. The number of carboxylic acids is 1. The zero-order valence-corrected chi connectivity index (χ0v) is 60.6. The van der Waals surface area contributed by atoms with Gasteiger partial charge >= 0.3 is 5.97 Å². The number of aliphatic hydroxyl groups is 3. The summed E-state index contributed by atoms with van der Waals surface area (Å²) in [5.74, 6) is -14.8. The molecule has 2 aromatic rings. The third-order valence-corrected chi connectivity index (χ3v) is 18.7. The number of hydrogen-bond acceptors (Lipinski definition) is 21. The topological polar surface area (TPSA) is 584 Å². The molecular formula is C68H102N18O21. The van der Waals surface area contributed by atoms with E-state index in [1.165, 1.54) is 21.6 Å². The molecule has 107 heavy (non-hydrogen) atoms. The number of primary amides is 1. The molecule has 590 valence electrons. The zero-order chi connectivity index (χ0) is 78.9. The molecule has 12 atom stereocenters.